The molecule has 0 aromatic carbocycles. The van der Waals surface area contributed by atoms with E-state index in [1.54, 1.807) is 0 Å². The summed E-state index contributed by atoms with van der Waals surface area (Å²) in [6.45, 7) is 4.60. The zero-order chi connectivity index (χ0) is 11.3. The number of likely N-dealkylation sites (tertiary alicyclic amines) is 1. The highest BCUT2D eigenvalue weighted by molar-refractivity contribution is 7.80. The number of rotatable bonds is 5. The molecule has 0 aliphatic carbocycles. The Labute approximate surface area is 97.6 Å². The molecule has 2 unspecified atom stereocenters. The van der Waals surface area contributed by atoms with Gasteiger partial charge in [0, 0.05) is 25.6 Å². The maximum Gasteiger partial charge on any atom is 0.0743 e. The summed E-state index contributed by atoms with van der Waals surface area (Å²) in [4.78, 5) is 3.04. The van der Waals surface area contributed by atoms with Crippen LogP contribution >= 0.6 is 12.2 Å². The van der Waals surface area contributed by atoms with Crippen molar-refractivity contribution in [3.05, 3.63) is 0 Å². The number of piperidine rings is 1. The van der Waals surface area contributed by atoms with Gasteiger partial charge in [0.1, 0.15) is 0 Å². The van der Waals surface area contributed by atoms with Crippen LogP contribution < -0.4 is 5.73 Å². The van der Waals surface area contributed by atoms with Crippen LogP contribution in [-0.4, -0.2) is 40.7 Å². The normalized spacial score (nSPS) is 25.1. The van der Waals surface area contributed by atoms with E-state index in [0.717, 1.165) is 32.4 Å². The first-order chi connectivity index (χ1) is 7.17. The molecule has 1 saturated heterocycles. The Hall–Kier alpha value is -0.190. The summed E-state index contributed by atoms with van der Waals surface area (Å²) in [5, 5.41) is 9.17. The van der Waals surface area contributed by atoms with Crippen LogP contribution in [0.25, 0.3) is 0 Å². The molecule has 1 fully saturated rings. The molecule has 1 heterocycles. The highest BCUT2D eigenvalue weighted by Crippen LogP contribution is 2.20. The van der Waals surface area contributed by atoms with Crippen LogP contribution in [0.15, 0.2) is 0 Å². The molecule has 15 heavy (non-hydrogen) atoms. The van der Waals surface area contributed by atoms with Crippen LogP contribution in [0, 0.1) is 5.92 Å². The molecular weight excluding hydrogens is 208 g/mol. The third kappa shape index (κ3) is 4.05. The maximum absolute atomic E-state index is 9.17. The first-order valence-electron chi connectivity index (χ1n) is 5.80. The fourth-order valence-electron chi connectivity index (χ4n) is 2.34. The van der Waals surface area contributed by atoms with Gasteiger partial charge in [-0.3, -0.25) is 4.90 Å². The first-order valence-corrected chi connectivity index (χ1v) is 6.21. The Bertz CT molecular complexity index is 211. The highest BCUT2D eigenvalue weighted by atomic mass is 32.1. The van der Waals surface area contributed by atoms with E-state index in [1.165, 1.54) is 6.42 Å². The zero-order valence-corrected chi connectivity index (χ0v) is 10.3. The van der Waals surface area contributed by atoms with Gasteiger partial charge in [-0.1, -0.05) is 19.1 Å². The molecule has 1 rings (SSSR count). The molecule has 0 aromatic heterocycles. The van der Waals surface area contributed by atoms with Crippen LogP contribution in [0.1, 0.15) is 32.6 Å². The molecule has 0 spiro atoms. The molecule has 2 atom stereocenters. The number of nitrogens with two attached hydrogens (primary N) is 1. The molecule has 0 amide bonds. The predicted molar refractivity (Wildman–Crippen MR) is 66.9 cm³/mol. The summed E-state index contributed by atoms with van der Waals surface area (Å²) >= 11 is 4.97. The SMILES string of the molecule is CCC(CC(N)=S)N1CCCC(CO)C1. The van der Waals surface area contributed by atoms with Gasteiger partial charge in [0.25, 0.3) is 0 Å². The lowest BCUT2D eigenvalue weighted by molar-refractivity contribution is 0.0884. The van der Waals surface area contributed by atoms with Crippen LogP contribution in [-0.2, 0) is 0 Å². The van der Waals surface area contributed by atoms with Gasteiger partial charge in [0.15, 0.2) is 0 Å². The molecule has 88 valence electrons. The Morgan fingerprint density at radius 1 is 1.67 bits per heavy atom. The summed E-state index contributed by atoms with van der Waals surface area (Å²) in [5.41, 5.74) is 5.60. The van der Waals surface area contributed by atoms with Gasteiger partial charge < -0.3 is 10.8 Å². The minimum absolute atomic E-state index is 0.306. The fourth-order valence-corrected chi connectivity index (χ4v) is 2.53. The van der Waals surface area contributed by atoms with Crippen molar-refractivity contribution in [1.29, 1.82) is 0 Å². The van der Waals surface area contributed by atoms with Crippen molar-refractivity contribution in [2.45, 2.75) is 38.6 Å². The first kappa shape index (κ1) is 12.9. The standard InChI is InChI=1S/C11H22N2OS/c1-2-10(6-11(12)15)13-5-3-4-9(7-13)8-14/h9-10,14H,2-8H2,1H3,(H2,12,15). The van der Waals surface area contributed by atoms with Gasteiger partial charge in [0.2, 0.25) is 0 Å². The summed E-state index contributed by atoms with van der Waals surface area (Å²) in [7, 11) is 0. The van der Waals surface area contributed by atoms with E-state index < -0.39 is 0 Å². The second-order valence-corrected chi connectivity index (χ2v) is 4.94. The lowest BCUT2D eigenvalue weighted by atomic mass is 9.96. The highest BCUT2D eigenvalue weighted by Gasteiger charge is 2.24. The Morgan fingerprint density at radius 3 is 2.93 bits per heavy atom. The van der Waals surface area contributed by atoms with Crippen molar-refractivity contribution < 1.29 is 5.11 Å². The van der Waals surface area contributed by atoms with E-state index in [0.29, 0.717) is 23.6 Å². The van der Waals surface area contributed by atoms with Crippen molar-refractivity contribution >= 4 is 17.2 Å². The Morgan fingerprint density at radius 2 is 2.40 bits per heavy atom. The summed E-state index contributed by atoms with van der Waals surface area (Å²) in [6, 6.07) is 0.469. The minimum Gasteiger partial charge on any atom is -0.396 e. The number of aliphatic hydroxyl groups is 1. The average Bonchev–Trinajstić information content (AvgIpc) is 2.25. The third-order valence-electron chi connectivity index (χ3n) is 3.23. The fraction of sp³-hybridized carbons (Fsp3) is 0.909. The van der Waals surface area contributed by atoms with Gasteiger partial charge in [-0.2, -0.15) is 0 Å². The van der Waals surface area contributed by atoms with Crippen molar-refractivity contribution in [3.63, 3.8) is 0 Å². The van der Waals surface area contributed by atoms with E-state index in [2.05, 4.69) is 11.8 Å². The van der Waals surface area contributed by atoms with E-state index in [9.17, 15) is 0 Å². The summed E-state index contributed by atoms with van der Waals surface area (Å²) in [6.07, 6.45) is 4.22. The van der Waals surface area contributed by atoms with Crippen LogP contribution in [0.2, 0.25) is 0 Å². The molecule has 0 aromatic rings. The number of aliphatic hydroxyl groups excluding tert-OH is 1. The monoisotopic (exact) mass is 230 g/mol. The van der Waals surface area contributed by atoms with Crippen LogP contribution in [0.5, 0.6) is 0 Å². The third-order valence-corrected chi connectivity index (χ3v) is 3.40. The minimum atomic E-state index is 0.306. The van der Waals surface area contributed by atoms with Crippen LogP contribution in [0.4, 0.5) is 0 Å². The molecule has 1 aliphatic rings. The Balaban J connectivity index is 2.47. The van der Waals surface area contributed by atoms with Crippen LogP contribution in [0.3, 0.4) is 0 Å². The molecule has 3 N–H and O–H groups in total. The molecule has 0 bridgehead atoms. The van der Waals surface area contributed by atoms with E-state index in [-0.39, 0.29) is 0 Å². The molecule has 0 saturated carbocycles. The zero-order valence-electron chi connectivity index (χ0n) is 9.48. The number of thiocarbonyl (C=S) groups is 1. The van der Waals surface area contributed by atoms with Gasteiger partial charge in [-0.05, 0) is 31.7 Å². The molecule has 1 aliphatic heterocycles. The quantitative estimate of drug-likeness (QED) is 0.696. The van der Waals surface area contributed by atoms with Gasteiger partial charge in [-0.15, -0.1) is 0 Å². The van der Waals surface area contributed by atoms with Gasteiger partial charge >= 0.3 is 0 Å². The second-order valence-electron chi connectivity index (χ2n) is 4.42. The van der Waals surface area contributed by atoms with Gasteiger partial charge in [-0.25, -0.2) is 0 Å². The van der Waals surface area contributed by atoms with Crippen molar-refractivity contribution in [2.24, 2.45) is 11.7 Å². The lowest BCUT2D eigenvalue weighted by Gasteiger charge is -2.37. The smallest absolute Gasteiger partial charge is 0.0743 e. The van der Waals surface area contributed by atoms with Crippen molar-refractivity contribution in [1.82, 2.24) is 4.90 Å². The molecule has 0 radical (unpaired) electrons. The van der Waals surface area contributed by atoms with Crippen molar-refractivity contribution in [2.75, 3.05) is 19.7 Å². The second kappa shape index (κ2) is 6.40. The number of nitrogens with zero attached hydrogens (tertiary/aromatic N) is 1. The van der Waals surface area contributed by atoms with Crippen molar-refractivity contribution in [3.8, 4) is 0 Å². The van der Waals surface area contributed by atoms with E-state index in [1.807, 2.05) is 0 Å². The van der Waals surface area contributed by atoms with E-state index >= 15 is 0 Å². The Kier molecular flexibility index (Phi) is 5.50. The molecule has 4 heteroatoms. The lowest BCUT2D eigenvalue weighted by Crippen LogP contribution is -2.44. The van der Waals surface area contributed by atoms with Gasteiger partial charge in [0.05, 0.1) is 4.99 Å². The number of hydrogen-bond donors (Lipinski definition) is 2. The summed E-state index contributed by atoms with van der Waals surface area (Å²) in [5.74, 6) is 0.444. The maximum atomic E-state index is 9.17. The average molecular weight is 230 g/mol. The summed E-state index contributed by atoms with van der Waals surface area (Å²) < 4.78 is 0. The predicted octanol–water partition coefficient (Wildman–Crippen LogP) is 1.15. The number of hydrogen-bond acceptors (Lipinski definition) is 3. The van der Waals surface area contributed by atoms with E-state index in [4.69, 9.17) is 23.1 Å². The molecule has 3 nitrogen and oxygen atoms in total. The molecular formula is C11H22N2OS. The largest absolute Gasteiger partial charge is 0.396 e. The topological polar surface area (TPSA) is 49.5 Å².